The number of carbonyl (C=O) groups is 2. The van der Waals surface area contributed by atoms with Gasteiger partial charge in [0.15, 0.2) is 0 Å². The van der Waals surface area contributed by atoms with Crippen molar-refractivity contribution in [1.29, 1.82) is 0 Å². The summed E-state index contributed by atoms with van der Waals surface area (Å²) in [7, 11) is 0. The molecule has 0 fully saturated rings. The molecule has 1 unspecified atom stereocenters. The van der Waals surface area contributed by atoms with Crippen LogP contribution < -0.4 is 15.4 Å². The lowest BCUT2D eigenvalue weighted by molar-refractivity contribution is -0.131. The average molecular weight is 262 g/mol. The number of benzene rings is 1. The Kier molecular flexibility index (Phi) is 4.04. The van der Waals surface area contributed by atoms with E-state index in [0.29, 0.717) is 18.2 Å². The highest BCUT2D eigenvalue weighted by atomic mass is 16.5. The number of carbonyl (C=O) groups excluding carboxylic acids is 2. The minimum absolute atomic E-state index is 0.0140. The second-order valence-electron chi connectivity index (χ2n) is 4.69. The van der Waals surface area contributed by atoms with Crippen molar-refractivity contribution in [2.45, 2.75) is 26.2 Å². The van der Waals surface area contributed by atoms with Crippen molar-refractivity contribution < 1.29 is 14.3 Å². The summed E-state index contributed by atoms with van der Waals surface area (Å²) in [5, 5.41) is 6.11. The summed E-state index contributed by atoms with van der Waals surface area (Å²) in [5.74, 6) is 0.567. The molecule has 0 saturated heterocycles. The second-order valence-corrected chi connectivity index (χ2v) is 4.69. The van der Waals surface area contributed by atoms with E-state index >= 15 is 0 Å². The summed E-state index contributed by atoms with van der Waals surface area (Å²) in [6.07, 6.45) is 0.864. The Bertz CT molecular complexity index is 499. The van der Waals surface area contributed by atoms with E-state index in [1.165, 1.54) is 13.8 Å². The van der Waals surface area contributed by atoms with Gasteiger partial charge in [-0.25, -0.2) is 0 Å². The lowest BCUT2D eigenvalue weighted by Gasteiger charge is -2.11. The fourth-order valence-corrected chi connectivity index (χ4v) is 2.29. The third kappa shape index (κ3) is 3.47. The Labute approximate surface area is 112 Å². The molecule has 0 spiro atoms. The lowest BCUT2D eigenvalue weighted by Crippen LogP contribution is -2.22. The van der Waals surface area contributed by atoms with Gasteiger partial charge in [-0.3, -0.25) is 9.59 Å². The summed E-state index contributed by atoms with van der Waals surface area (Å²) in [5.41, 5.74) is 2.22. The summed E-state index contributed by atoms with van der Waals surface area (Å²) in [6, 6.07) is 5.60. The number of nitrogens with one attached hydrogen (secondary N) is 2. The highest BCUT2D eigenvalue weighted by Crippen LogP contribution is 2.35. The highest BCUT2D eigenvalue weighted by Gasteiger charge is 2.22. The van der Waals surface area contributed by atoms with Gasteiger partial charge < -0.3 is 15.4 Å². The van der Waals surface area contributed by atoms with E-state index in [4.69, 9.17) is 4.74 Å². The van der Waals surface area contributed by atoms with E-state index in [1.807, 2.05) is 12.1 Å². The topological polar surface area (TPSA) is 67.4 Å². The number of hydrogen-bond acceptors (Lipinski definition) is 4. The summed E-state index contributed by atoms with van der Waals surface area (Å²) in [6.45, 7) is 4.40. The Hall–Kier alpha value is -2.04. The molecule has 102 valence electrons. The second kappa shape index (κ2) is 5.73. The Morgan fingerprint density at radius 2 is 2.21 bits per heavy atom. The van der Waals surface area contributed by atoms with E-state index in [0.717, 1.165) is 24.2 Å². The fraction of sp³-hybridized carbons (Fsp3) is 0.429. The van der Waals surface area contributed by atoms with Crippen LogP contribution in [0.15, 0.2) is 18.2 Å². The van der Waals surface area contributed by atoms with Crippen molar-refractivity contribution in [3.05, 3.63) is 23.8 Å². The molecule has 5 heteroatoms. The van der Waals surface area contributed by atoms with Crippen LogP contribution >= 0.6 is 0 Å². The van der Waals surface area contributed by atoms with E-state index in [1.54, 1.807) is 6.07 Å². The molecular formula is C14H18N2O3. The standard InChI is InChI=1S/C14H18N2O3/c1-9(17)15-6-5-11-8-16-14-4-3-12(7-13(11)14)19-10(2)18/h3-4,7,11,16H,5-6,8H2,1-2H3,(H,15,17). The fourth-order valence-electron chi connectivity index (χ4n) is 2.29. The van der Waals surface area contributed by atoms with Crippen molar-refractivity contribution in [2.24, 2.45) is 0 Å². The lowest BCUT2D eigenvalue weighted by atomic mass is 9.97. The van der Waals surface area contributed by atoms with Crippen LogP contribution in [0.3, 0.4) is 0 Å². The first-order valence-corrected chi connectivity index (χ1v) is 6.37. The third-order valence-corrected chi connectivity index (χ3v) is 3.13. The van der Waals surface area contributed by atoms with Crippen LogP contribution in [0.1, 0.15) is 31.7 Å². The summed E-state index contributed by atoms with van der Waals surface area (Å²) >= 11 is 0. The molecule has 1 aliphatic heterocycles. The Morgan fingerprint density at radius 3 is 2.89 bits per heavy atom. The first-order valence-electron chi connectivity index (χ1n) is 6.37. The zero-order chi connectivity index (χ0) is 13.8. The van der Waals surface area contributed by atoms with Crippen LogP contribution in [-0.2, 0) is 9.59 Å². The van der Waals surface area contributed by atoms with E-state index in [-0.39, 0.29) is 11.9 Å². The van der Waals surface area contributed by atoms with Crippen LogP contribution in [0.5, 0.6) is 5.75 Å². The molecular weight excluding hydrogens is 244 g/mol. The van der Waals surface area contributed by atoms with Gasteiger partial charge in [-0.15, -0.1) is 0 Å². The van der Waals surface area contributed by atoms with Crippen LogP contribution in [0, 0.1) is 0 Å². The van der Waals surface area contributed by atoms with Gasteiger partial charge in [0, 0.05) is 38.5 Å². The molecule has 2 rings (SSSR count). The van der Waals surface area contributed by atoms with Crippen LogP contribution in [0.2, 0.25) is 0 Å². The molecule has 0 aromatic heterocycles. The van der Waals surface area contributed by atoms with E-state index < -0.39 is 0 Å². The Balaban J connectivity index is 2.04. The van der Waals surface area contributed by atoms with Gasteiger partial charge in [-0.1, -0.05) is 0 Å². The Morgan fingerprint density at radius 1 is 1.42 bits per heavy atom. The zero-order valence-corrected chi connectivity index (χ0v) is 11.2. The predicted octanol–water partition coefficient (Wildman–Crippen LogP) is 1.65. The molecule has 1 aliphatic rings. The van der Waals surface area contributed by atoms with Crippen LogP contribution in [0.25, 0.3) is 0 Å². The van der Waals surface area contributed by atoms with Crippen LogP contribution in [0.4, 0.5) is 5.69 Å². The maximum Gasteiger partial charge on any atom is 0.308 e. The van der Waals surface area contributed by atoms with Gasteiger partial charge in [0.2, 0.25) is 5.91 Å². The van der Waals surface area contributed by atoms with Crippen molar-refractivity contribution in [2.75, 3.05) is 18.4 Å². The van der Waals surface area contributed by atoms with Gasteiger partial charge in [-0.2, -0.15) is 0 Å². The molecule has 0 saturated carbocycles. The smallest absolute Gasteiger partial charge is 0.308 e. The molecule has 1 atom stereocenters. The summed E-state index contributed by atoms with van der Waals surface area (Å²) in [4.78, 5) is 21.8. The number of rotatable bonds is 4. The minimum Gasteiger partial charge on any atom is -0.427 e. The molecule has 1 aromatic carbocycles. The van der Waals surface area contributed by atoms with Gasteiger partial charge in [0.25, 0.3) is 0 Å². The monoisotopic (exact) mass is 262 g/mol. The highest BCUT2D eigenvalue weighted by molar-refractivity contribution is 5.72. The minimum atomic E-state index is -0.319. The largest absolute Gasteiger partial charge is 0.427 e. The molecule has 0 aliphatic carbocycles. The van der Waals surface area contributed by atoms with Crippen LogP contribution in [-0.4, -0.2) is 25.0 Å². The molecule has 0 radical (unpaired) electrons. The van der Waals surface area contributed by atoms with E-state index in [9.17, 15) is 9.59 Å². The number of esters is 1. The van der Waals surface area contributed by atoms with Crippen molar-refractivity contribution in [3.8, 4) is 5.75 Å². The maximum absolute atomic E-state index is 11.0. The first kappa shape index (κ1) is 13.4. The normalized spacial score (nSPS) is 16.4. The molecule has 1 amide bonds. The van der Waals surface area contributed by atoms with Crippen molar-refractivity contribution in [1.82, 2.24) is 5.32 Å². The number of ether oxygens (including phenoxy) is 1. The maximum atomic E-state index is 11.0. The molecule has 5 nitrogen and oxygen atoms in total. The first-order chi connectivity index (χ1) is 9.06. The number of amides is 1. The van der Waals surface area contributed by atoms with Gasteiger partial charge in [0.1, 0.15) is 5.75 Å². The number of anilines is 1. The summed E-state index contributed by atoms with van der Waals surface area (Å²) < 4.78 is 5.09. The SMILES string of the molecule is CC(=O)NCCC1CNc2ccc(OC(C)=O)cc21. The van der Waals surface area contributed by atoms with Gasteiger partial charge in [0.05, 0.1) is 0 Å². The van der Waals surface area contributed by atoms with Gasteiger partial charge in [-0.05, 0) is 30.2 Å². The molecule has 19 heavy (non-hydrogen) atoms. The van der Waals surface area contributed by atoms with Gasteiger partial charge >= 0.3 is 5.97 Å². The molecule has 1 aromatic rings. The zero-order valence-electron chi connectivity index (χ0n) is 11.2. The number of hydrogen-bond donors (Lipinski definition) is 2. The molecule has 0 bridgehead atoms. The number of fused-ring (bicyclic) bond motifs is 1. The molecule has 1 heterocycles. The average Bonchev–Trinajstić information content (AvgIpc) is 2.71. The third-order valence-electron chi connectivity index (χ3n) is 3.13. The quantitative estimate of drug-likeness (QED) is 0.639. The van der Waals surface area contributed by atoms with Crippen molar-refractivity contribution >= 4 is 17.6 Å². The molecule has 2 N–H and O–H groups in total. The predicted molar refractivity (Wildman–Crippen MR) is 72.3 cm³/mol. The van der Waals surface area contributed by atoms with Crippen molar-refractivity contribution in [3.63, 3.8) is 0 Å². The van der Waals surface area contributed by atoms with E-state index in [2.05, 4.69) is 10.6 Å².